The van der Waals surface area contributed by atoms with Gasteiger partial charge in [0, 0.05) is 24.5 Å². The fraction of sp³-hybridized carbons (Fsp3) is 0.0556. The SMILES string of the molecule is N=CC(=CN)c1ccc2nc(NCc3ccc(F)cc3)cnc2c1. The molecular weight excluding hydrogens is 305 g/mol. The van der Waals surface area contributed by atoms with E-state index in [2.05, 4.69) is 15.3 Å². The maximum Gasteiger partial charge on any atom is 0.145 e. The number of nitrogens with zero attached hydrogens (tertiary/aromatic N) is 2. The van der Waals surface area contributed by atoms with Crippen molar-refractivity contribution in [2.75, 3.05) is 5.32 Å². The number of hydrogen-bond donors (Lipinski definition) is 3. The van der Waals surface area contributed by atoms with E-state index in [0.29, 0.717) is 17.9 Å². The first-order chi connectivity index (χ1) is 11.7. The summed E-state index contributed by atoms with van der Waals surface area (Å²) in [6.45, 7) is 0.534. The molecule has 0 fully saturated rings. The van der Waals surface area contributed by atoms with E-state index in [1.54, 1.807) is 18.3 Å². The summed E-state index contributed by atoms with van der Waals surface area (Å²) >= 11 is 0. The normalized spacial score (nSPS) is 11.5. The molecule has 0 aliphatic rings. The van der Waals surface area contributed by atoms with Gasteiger partial charge in [-0.25, -0.2) is 9.37 Å². The number of nitrogens with two attached hydrogens (primary N) is 1. The van der Waals surface area contributed by atoms with Crippen LogP contribution in [0.5, 0.6) is 0 Å². The number of anilines is 1. The molecule has 1 heterocycles. The minimum atomic E-state index is -0.254. The molecule has 3 rings (SSSR count). The third-order valence-corrected chi connectivity index (χ3v) is 3.60. The Bertz CT molecular complexity index is 903. The third kappa shape index (κ3) is 3.38. The summed E-state index contributed by atoms with van der Waals surface area (Å²) in [5.74, 6) is 0.386. The van der Waals surface area contributed by atoms with Crippen molar-refractivity contribution in [1.29, 1.82) is 5.41 Å². The molecule has 1 aromatic heterocycles. The number of fused-ring (bicyclic) bond motifs is 1. The van der Waals surface area contributed by atoms with Crippen LogP contribution in [0.3, 0.4) is 0 Å². The first-order valence-corrected chi connectivity index (χ1v) is 7.37. The van der Waals surface area contributed by atoms with Gasteiger partial charge in [0.15, 0.2) is 0 Å². The van der Waals surface area contributed by atoms with Crippen molar-refractivity contribution in [2.24, 2.45) is 5.73 Å². The molecule has 0 saturated heterocycles. The van der Waals surface area contributed by atoms with Crippen molar-refractivity contribution in [2.45, 2.75) is 6.54 Å². The molecule has 2 aromatic carbocycles. The van der Waals surface area contributed by atoms with Crippen molar-refractivity contribution in [1.82, 2.24) is 9.97 Å². The molecule has 6 heteroatoms. The van der Waals surface area contributed by atoms with Crippen molar-refractivity contribution in [3.8, 4) is 0 Å². The van der Waals surface area contributed by atoms with E-state index in [-0.39, 0.29) is 5.82 Å². The second-order valence-electron chi connectivity index (χ2n) is 5.21. The van der Waals surface area contributed by atoms with E-state index in [0.717, 1.165) is 22.2 Å². The highest BCUT2D eigenvalue weighted by Crippen LogP contribution is 2.19. The Morgan fingerprint density at radius 3 is 2.67 bits per heavy atom. The van der Waals surface area contributed by atoms with Crippen LogP contribution in [0.4, 0.5) is 10.2 Å². The molecule has 0 amide bonds. The van der Waals surface area contributed by atoms with Gasteiger partial charge in [-0.05, 0) is 35.4 Å². The zero-order valence-corrected chi connectivity index (χ0v) is 12.8. The zero-order chi connectivity index (χ0) is 16.9. The molecule has 0 unspecified atom stereocenters. The average Bonchev–Trinajstić information content (AvgIpc) is 2.62. The van der Waals surface area contributed by atoms with Crippen LogP contribution < -0.4 is 11.1 Å². The number of aromatic nitrogens is 2. The van der Waals surface area contributed by atoms with E-state index in [1.165, 1.54) is 24.5 Å². The van der Waals surface area contributed by atoms with E-state index < -0.39 is 0 Å². The van der Waals surface area contributed by atoms with Crippen molar-refractivity contribution in [3.05, 3.63) is 71.8 Å². The number of benzene rings is 2. The Kier molecular flexibility index (Phi) is 4.47. The Labute approximate surface area is 138 Å². The predicted octanol–water partition coefficient (Wildman–Crippen LogP) is 3.33. The molecule has 0 aliphatic carbocycles. The van der Waals surface area contributed by atoms with Gasteiger partial charge in [0.1, 0.15) is 11.6 Å². The lowest BCUT2D eigenvalue weighted by Gasteiger charge is -2.07. The Balaban J connectivity index is 1.80. The lowest BCUT2D eigenvalue weighted by molar-refractivity contribution is 0.627. The first-order valence-electron chi connectivity index (χ1n) is 7.37. The van der Waals surface area contributed by atoms with Gasteiger partial charge >= 0.3 is 0 Å². The molecule has 0 atom stereocenters. The molecule has 0 saturated carbocycles. The number of allylic oxidation sites excluding steroid dienone is 1. The van der Waals surface area contributed by atoms with E-state index >= 15 is 0 Å². The highest BCUT2D eigenvalue weighted by Gasteiger charge is 2.04. The molecule has 0 spiro atoms. The summed E-state index contributed by atoms with van der Waals surface area (Å²) in [6, 6.07) is 11.8. The standard InChI is InChI=1S/C18H16FN5/c19-15-4-1-12(2-5-15)10-23-18-11-22-17-7-13(14(8-20)9-21)3-6-16(17)24-18/h1-9,11,20H,10,21H2,(H,23,24). The molecule has 4 N–H and O–H groups in total. The van der Waals surface area contributed by atoms with Gasteiger partial charge in [0.2, 0.25) is 0 Å². The van der Waals surface area contributed by atoms with Crippen LogP contribution in [0, 0.1) is 11.2 Å². The van der Waals surface area contributed by atoms with E-state index in [4.69, 9.17) is 11.1 Å². The van der Waals surface area contributed by atoms with Crippen molar-refractivity contribution < 1.29 is 4.39 Å². The van der Waals surface area contributed by atoms with Gasteiger partial charge in [-0.3, -0.25) is 4.98 Å². The Hall–Kier alpha value is -3.28. The average molecular weight is 321 g/mol. The van der Waals surface area contributed by atoms with Crippen LogP contribution in [0.25, 0.3) is 16.6 Å². The monoisotopic (exact) mass is 321 g/mol. The van der Waals surface area contributed by atoms with Gasteiger partial charge in [-0.15, -0.1) is 0 Å². The van der Waals surface area contributed by atoms with E-state index in [1.807, 2.05) is 18.2 Å². The topological polar surface area (TPSA) is 87.7 Å². The van der Waals surface area contributed by atoms with Crippen molar-refractivity contribution >= 4 is 28.6 Å². The maximum atomic E-state index is 12.9. The lowest BCUT2D eigenvalue weighted by Crippen LogP contribution is -2.02. The van der Waals surface area contributed by atoms with Gasteiger partial charge in [0.05, 0.1) is 17.2 Å². The minimum Gasteiger partial charge on any atom is -0.404 e. The van der Waals surface area contributed by atoms with Crippen LogP contribution in [-0.4, -0.2) is 16.2 Å². The number of hydrogen-bond acceptors (Lipinski definition) is 5. The molecular formula is C18H16FN5. The van der Waals surface area contributed by atoms with Crippen LogP contribution in [0.15, 0.2) is 54.9 Å². The third-order valence-electron chi connectivity index (χ3n) is 3.60. The van der Waals surface area contributed by atoms with Crippen LogP contribution in [0.2, 0.25) is 0 Å². The molecule has 24 heavy (non-hydrogen) atoms. The van der Waals surface area contributed by atoms with Crippen LogP contribution in [-0.2, 0) is 6.54 Å². The Morgan fingerprint density at radius 2 is 1.96 bits per heavy atom. The lowest BCUT2D eigenvalue weighted by atomic mass is 10.1. The fourth-order valence-corrected chi connectivity index (χ4v) is 2.30. The summed E-state index contributed by atoms with van der Waals surface area (Å²) in [5, 5.41) is 10.5. The van der Waals surface area contributed by atoms with Gasteiger partial charge in [-0.1, -0.05) is 18.2 Å². The molecule has 0 bridgehead atoms. The summed E-state index contributed by atoms with van der Waals surface area (Å²) in [7, 11) is 0. The predicted molar refractivity (Wildman–Crippen MR) is 94.2 cm³/mol. The van der Waals surface area contributed by atoms with E-state index in [9.17, 15) is 4.39 Å². The first kappa shape index (κ1) is 15.6. The quantitative estimate of drug-likeness (QED) is 0.629. The zero-order valence-electron chi connectivity index (χ0n) is 12.8. The number of nitrogens with one attached hydrogen (secondary N) is 2. The molecule has 3 aromatic rings. The second kappa shape index (κ2) is 6.87. The second-order valence-corrected chi connectivity index (χ2v) is 5.21. The summed E-state index contributed by atoms with van der Waals surface area (Å²) in [6.07, 6.45) is 4.24. The van der Waals surface area contributed by atoms with Crippen molar-refractivity contribution in [3.63, 3.8) is 0 Å². The Morgan fingerprint density at radius 1 is 1.17 bits per heavy atom. The summed E-state index contributed by atoms with van der Waals surface area (Å²) in [5.41, 5.74) is 9.37. The maximum absolute atomic E-state index is 12.9. The highest BCUT2D eigenvalue weighted by molar-refractivity contribution is 6.08. The largest absolute Gasteiger partial charge is 0.404 e. The molecule has 0 aliphatic heterocycles. The van der Waals surface area contributed by atoms with Gasteiger partial charge in [0.25, 0.3) is 0 Å². The van der Waals surface area contributed by atoms with Crippen LogP contribution >= 0.6 is 0 Å². The number of halogens is 1. The molecule has 5 nitrogen and oxygen atoms in total. The smallest absolute Gasteiger partial charge is 0.145 e. The minimum absolute atomic E-state index is 0.254. The number of rotatable bonds is 5. The van der Waals surface area contributed by atoms with Gasteiger partial charge in [-0.2, -0.15) is 0 Å². The van der Waals surface area contributed by atoms with Gasteiger partial charge < -0.3 is 16.5 Å². The fourth-order valence-electron chi connectivity index (χ4n) is 2.30. The molecule has 120 valence electrons. The summed E-state index contributed by atoms with van der Waals surface area (Å²) < 4.78 is 12.9. The molecule has 0 radical (unpaired) electrons. The summed E-state index contributed by atoms with van der Waals surface area (Å²) in [4.78, 5) is 8.90. The van der Waals surface area contributed by atoms with Crippen LogP contribution in [0.1, 0.15) is 11.1 Å². The highest BCUT2D eigenvalue weighted by atomic mass is 19.1.